The third-order valence-corrected chi connectivity index (χ3v) is 8.58. The number of benzene rings is 1. The number of aromatic nitrogens is 3. The van der Waals surface area contributed by atoms with Crippen LogP contribution < -0.4 is 25.2 Å². The van der Waals surface area contributed by atoms with E-state index < -0.39 is 0 Å². The van der Waals surface area contributed by atoms with E-state index in [9.17, 15) is 9.59 Å². The maximum Gasteiger partial charge on any atom is 0.330 e. The molecular formula is C27H29Cl2N7O3S. The van der Waals surface area contributed by atoms with Gasteiger partial charge < -0.3 is 15.4 Å². The zero-order chi connectivity index (χ0) is 28.4. The molecule has 40 heavy (non-hydrogen) atoms. The highest BCUT2D eigenvalue weighted by Crippen LogP contribution is 2.45. The van der Waals surface area contributed by atoms with E-state index in [-0.39, 0.29) is 42.1 Å². The van der Waals surface area contributed by atoms with Crippen LogP contribution in [0.25, 0.3) is 0 Å². The van der Waals surface area contributed by atoms with Crippen molar-refractivity contribution in [3.05, 3.63) is 62.7 Å². The van der Waals surface area contributed by atoms with Crippen molar-refractivity contribution in [3.63, 3.8) is 0 Å². The molecule has 3 amide bonds. The van der Waals surface area contributed by atoms with Gasteiger partial charge in [-0.2, -0.15) is 4.98 Å². The summed E-state index contributed by atoms with van der Waals surface area (Å²) in [5.41, 5.74) is 4.24. The van der Waals surface area contributed by atoms with E-state index in [2.05, 4.69) is 27.2 Å². The lowest BCUT2D eigenvalue weighted by molar-refractivity contribution is -0.117. The number of thiazole rings is 1. The minimum absolute atomic E-state index is 0.0594. The molecule has 0 saturated heterocycles. The van der Waals surface area contributed by atoms with Crippen LogP contribution in [0.2, 0.25) is 10.0 Å². The molecule has 3 aromatic rings. The quantitative estimate of drug-likeness (QED) is 0.317. The number of ether oxygens (including phenoxy) is 1. The van der Waals surface area contributed by atoms with Crippen molar-refractivity contribution in [2.75, 3.05) is 22.2 Å². The van der Waals surface area contributed by atoms with Gasteiger partial charge in [-0.1, -0.05) is 42.6 Å². The molecule has 1 aromatic carbocycles. The standard InChI is InChI=1S/C27H29Cl2N7O3S/c1-4-21(37)32-18-7-5-6-8-19(18)33-26-30-10-16-11-35(24-22(28)15(2)9-20(39-3)23(24)29)27(38)36(25(16)34-26)12-17-13-40-14-31-17/h4,9-10,13-14,18-19H,1,5-8,11-12H2,2-3H3,(H,32,37)(H,30,33,34). The van der Waals surface area contributed by atoms with Crippen molar-refractivity contribution in [2.24, 2.45) is 0 Å². The number of halogens is 2. The molecule has 5 rings (SSSR count). The van der Waals surface area contributed by atoms with E-state index in [0.717, 1.165) is 36.9 Å². The van der Waals surface area contributed by atoms with Crippen LogP contribution in [0.3, 0.4) is 0 Å². The molecule has 1 saturated carbocycles. The summed E-state index contributed by atoms with van der Waals surface area (Å²) in [6.07, 6.45) is 6.71. The van der Waals surface area contributed by atoms with Gasteiger partial charge in [0.2, 0.25) is 11.9 Å². The second-order valence-corrected chi connectivity index (χ2v) is 11.2. The highest BCUT2D eigenvalue weighted by Gasteiger charge is 2.37. The zero-order valence-electron chi connectivity index (χ0n) is 22.1. The van der Waals surface area contributed by atoms with Crippen LogP contribution in [0.15, 0.2) is 35.8 Å². The summed E-state index contributed by atoms with van der Waals surface area (Å²) < 4.78 is 5.44. The second-order valence-electron chi connectivity index (χ2n) is 9.70. The fourth-order valence-electron chi connectivity index (χ4n) is 5.07. The number of amides is 3. The number of hydrogen-bond donors (Lipinski definition) is 2. The Kier molecular flexibility index (Phi) is 8.43. The van der Waals surface area contributed by atoms with Gasteiger partial charge in [0.05, 0.1) is 42.1 Å². The molecule has 2 N–H and O–H groups in total. The van der Waals surface area contributed by atoms with Crippen LogP contribution in [0.1, 0.15) is 42.5 Å². The molecule has 2 aromatic heterocycles. The van der Waals surface area contributed by atoms with Gasteiger partial charge in [-0.15, -0.1) is 11.3 Å². The van der Waals surface area contributed by atoms with Gasteiger partial charge in [-0.25, -0.2) is 14.8 Å². The number of urea groups is 1. The molecule has 0 bridgehead atoms. The van der Waals surface area contributed by atoms with E-state index in [1.54, 1.807) is 22.7 Å². The maximum absolute atomic E-state index is 14.1. The van der Waals surface area contributed by atoms with Crippen LogP contribution in [0.4, 0.5) is 22.2 Å². The SMILES string of the molecule is C=CC(=O)NC1CCCCC1Nc1ncc2c(n1)N(Cc1cscn1)C(=O)N(c1c(Cl)c(C)cc(OC)c1Cl)C2. The van der Waals surface area contributed by atoms with Crippen molar-refractivity contribution in [2.45, 2.75) is 57.8 Å². The summed E-state index contributed by atoms with van der Waals surface area (Å²) in [6.45, 7) is 5.75. The number of fused-ring (bicyclic) bond motifs is 1. The molecule has 2 atom stereocenters. The number of hydrogen-bond acceptors (Lipinski definition) is 8. The van der Waals surface area contributed by atoms with Crippen LogP contribution in [0, 0.1) is 6.92 Å². The number of carbonyl (C=O) groups is 2. The first kappa shape index (κ1) is 28.1. The normalized spacial score (nSPS) is 18.8. The van der Waals surface area contributed by atoms with E-state index >= 15 is 0 Å². The first-order valence-electron chi connectivity index (χ1n) is 12.8. The van der Waals surface area contributed by atoms with E-state index in [0.29, 0.717) is 33.8 Å². The van der Waals surface area contributed by atoms with Crippen molar-refractivity contribution in [3.8, 4) is 5.75 Å². The summed E-state index contributed by atoms with van der Waals surface area (Å²) in [5, 5.41) is 8.89. The third-order valence-electron chi connectivity index (χ3n) is 7.10. The molecule has 1 aliphatic heterocycles. The molecule has 10 nitrogen and oxygen atoms in total. The number of aryl methyl sites for hydroxylation is 1. The van der Waals surface area contributed by atoms with Gasteiger partial charge in [-0.05, 0) is 37.5 Å². The third kappa shape index (κ3) is 5.59. The largest absolute Gasteiger partial charge is 0.495 e. The summed E-state index contributed by atoms with van der Waals surface area (Å²) in [5.74, 6) is 1.06. The number of rotatable bonds is 8. The number of carbonyl (C=O) groups excluding carboxylic acids is 2. The number of nitrogens with zero attached hydrogens (tertiary/aromatic N) is 5. The Morgan fingerprint density at radius 3 is 2.73 bits per heavy atom. The molecule has 3 heterocycles. The van der Waals surface area contributed by atoms with E-state index in [1.807, 2.05) is 12.3 Å². The Labute approximate surface area is 246 Å². The molecule has 0 spiro atoms. The lowest BCUT2D eigenvalue weighted by atomic mass is 9.90. The first-order chi connectivity index (χ1) is 19.3. The van der Waals surface area contributed by atoms with E-state index in [4.69, 9.17) is 32.9 Å². The molecular weight excluding hydrogens is 573 g/mol. The van der Waals surface area contributed by atoms with E-state index in [1.165, 1.54) is 29.4 Å². The minimum atomic E-state index is -0.351. The molecule has 2 aliphatic rings. The number of nitrogens with one attached hydrogen (secondary N) is 2. The molecule has 2 unspecified atom stereocenters. The topological polar surface area (TPSA) is 113 Å². The molecule has 13 heteroatoms. The van der Waals surface area contributed by atoms with Gasteiger partial charge in [0, 0.05) is 29.2 Å². The highest BCUT2D eigenvalue weighted by atomic mass is 35.5. The summed E-state index contributed by atoms with van der Waals surface area (Å²) in [4.78, 5) is 42.9. The average Bonchev–Trinajstić information content (AvgIpc) is 3.47. The van der Waals surface area contributed by atoms with Gasteiger partial charge in [0.1, 0.15) is 16.6 Å². The smallest absolute Gasteiger partial charge is 0.330 e. The Balaban J connectivity index is 1.51. The molecule has 1 aliphatic carbocycles. The molecule has 0 radical (unpaired) electrons. The summed E-state index contributed by atoms with van der Waals surface area (Å²) >= 11 is 14.8. The lowest BCUT2D eigenvalue weighted by Gasteiger charge is -2.37. The summed E-state index contributed by atoms with van der Waals surface area (Å²) in [7, 11) is 1.52. The molecule has 210 valence electrons. The Morgan fingerprint density at radius 1 is 1.25 bits per heavy atom. The van der Waals surface area contributed by atoms with Crippen molar-refractivity contribution >= 4 is 63.9 Å². The van der Waals surface area contributed by atoms with Crippen LogP contribution >= 0.6 is 34.5 Å². The maximum atomic E-state index is 14.1. The number of methoxy groups -OCH3 is 1. The van der Waals surface area contributed by atoms with Crippen LogP contribution in [-0.2, 0) is 17.9 Å². The van der Waals surface area contributed by atoms with Crippen LogP contribution in [-0.4, -0.2) is 46.1 Å². The van der Waals surface area contributed by atoms with Gasteiger partial charge in [0.15, 0.2) is 0 Å². The van der Waals surface area contributed by atoms with Crippen molar-refractivity contribution < 1.29 is 14.3 Å². The fourth-order valence-corrected chi connectivity index (χ4v) is 6.25. The predicted octanol–water partition coefficient (Wildman–Crippen LogP) is 5.73. The minimum Gasteiger partial charge on any atom is -0.495 e. The van der Waals surface area contributed by atoms with Gasteiger partial charge in [0.25, 0.3) is 0 Å². The predicted molar refractivity (Wildman–Crippen MR) is 158 cm³/mol. The Hall–Kier alpha value is -3.41. The lowest BCUT2D eigenvalue weighted by Crippen LogP contribution is -2.49. The Morgan fingerprint density at radius 2 is 2.02 bits per heavy atom. The van der Waals surface area contributed by atoms with Crippen LogP contribution in [0.5, 0.6) is 5.75 Å². The second kappa shape index (κ2) is 12.0. The fraction of sp³-hybridized carbons (Fsp3) is 0.370. The Bertz CT molecular complexity index is 1440. The summed E-state index contributed by atoms with van der Waals surface area (Å²) in [6, 6.07) is 1.25. The van der Waals surface area contributed by atoms with Crippen molar-refractivity contribution in [1.82, 2.24) is 20.3 Å². The monoisotopic (exact) mass is 601 g/mol. The van der Waals surface area contributed by atoms with Crippen molar-refractivity contribution in [1.29, 1.82) is 0 Å². The highest BCUT2D eigenvalue weighted by molar-refractivity contribution is 7.07. The average molecular weight is 603 g/mol. The van der Waals surface area contributed by atoms with Gasteiger partial charge >= 0.3 is 6.03 Å². The zero-order valence-corrected chi connectivity index (χ0v) is 24.4. The first-order valence-corrected chi connectivity index (χ1v) is 14.5. The molecule has 1 fully saturated rings. The number of anilines is 3. The van der Waals surface area contributed by atoms with Gasteiger partial charge in [-0.3, -0.25) is 14.6 Å².